The number of nitrogens with one attached hydrogen (secondary N) is 1. The number of aryl methyl sites for hydroxylation is 2. The first-order chi connectivity index (χ1) is 8.93. The minimum absolute atomic E-state index is 0.631. The lowest BCUT2D eigenvalue weighted by Gasteiger charge is -2.39. The lowest BCUT2D eigenvalue weighted by molar-refractivity contribution is -0.143. The van der Waals surface area contributed by atoms with Gasteiger partial charge >= 0.3 is 5.97 Å². The van der Waals surface area contributed by atoms with Gasteiger partial charge < -0.3 is 15.3 Å². The lowest BCUT2D eigenvalue weighted by Crippen LogP contribution is -2.53. The van der Waals surface area contributed by atoms with E-state index in [0.717, 1.165) is 29.9 Å². The van der Waals surface area contributed by atoms with E-state index in [2.05, 4.69) is 10.2 Å². The number of carbonyl (C=O) groups is 1. The van der Waals surface area contributed by atoms with Crippen LogP contribution in [0.3, 0.4) is 0 Å². The molecule has 2 N–H and O–H groups in total. The molecule has 1 heterocycles. The van der Waals surface area contributed by atoms with Crippen LogP contribution in [0.5, 0.6) is 0 Å². The van der Waals surface area contributed by atoms with E-state index in [9.17, 15) is 9.90 Å². The quantitative estimate of drug-likeness (QED) is 0.877. The number of aliphatic carboxylic acids is 1. The van der Waals surface area contributed by atoms with Crippen LogP contribution in [0.2, 0.25) is 0 Å². The predicted octanol–water partition coefficient (Wildman–Crippen LogP) is 2.26. The summed E-state index contributed by atoms with van der Waals surface area (Å²) in [7, 11) is 2.03. The number of benzene rings is 1. The number of piperidine rings is 1. The summed E-state index contributed by atoms with van der Waals surface area (Å²) in [6, 6.07) is 6.10. The standard InChI is InChI=1S/C15H22N2O2/c1-11-4-5-12(2)13(10-11)16-15(14(18)19)6-8-17(3)9-7-15/h4-5,10,16H,6-9H2,1-3H3,(H,18,19). The third-order valence-corrected chi connectivity index (χ3v) is 4.02. The highest BCUT2D eigenvalue weighted by Gasteiger charge is 2.41. The van der Waals surface area contributed by atoms with Crippen LogP contribution in [0.4, 0.5) is 5.69 Å². The fourth-order valence-corrected chi connectivity index (χ4v) is 2.52. The molecule has 2 rings (SSSR count). The van der Waals surface area contributed by atoms with Crippen LogP contribution in [0.25, 0.3) is 0 Å². The molecule has 1 aliphatic heterocycles. The Morgan fingerprint density at radius 3 is 2.53 bits per heavy atom. The summed E-state index contributed by atoms with van der Waals surface area (Å²) in [4.78, 5) is 13.9. The van der Waals surface area contributed by atoms with Gasteiger partial charge in [0, 0.05) is 18.8 Å². The van der Waals surface area contributed by atoms with Gasteiger partial charge in [-0.1, -0.05) is 12.1 Å². The van der Waals surface area contributed by atoms with Crippen molar-refractivity contribution in [3.8, 4) is 0 Å². The number of hydrogen-bond donors (Lipinski definition) is 2. The van der Waals surface area contributed by atoms with Crippen molar-refractivity contribution in [1.82, 2.24) is 4.90 Å². The third kappa shape index (κ3) is 2.89. The van der Waals surface area contributed by atoms with E-state index in [4.69, 9.17) is 0 Å². The van der Waals surface area contributed by atoms with Gasteiger partial charge in [0.05, 0.1) is 0 Å². The molecule has 0 amide bonds. The smallest absolute Gasteiger partial charge is 0.329 e. The van der Waals surface area contributed by atoms with Gasteiger partial charge in [0.2, 0.25) is 0 Å². The van der Waals surface area contributed by atoms with Crippen molar-refractivity contribution in [2.75, 3.05) is 25.5 Å². The summed E-state index contributed by atoms with van der Waals surface area (Å²) < 4.78 is 0. The summed E-state index contributed by atoms with van der Waals surface area (Å²) in [5.41, 5.74) is 2.34. The number of likely N-dealkylation sites (tertiary alicyclic amines) is 1. The van der Waals surface area contributed by atoms with Gasteiger partial charge in [-0.15, -0.1) is 0 Å². The van der Waals surface area contributed by atoms with Gasteiger partial charge in [0.25, 0.3) is 0 Å². The normalized spacial score (nSPS) is 19.1. The molecule has 0 aliphatic carbocycles. The molecule has 4 heteroatoms. The Labute approximate surface area is 114 Å². The summed E-state index contributed by atoms with van der Waals surface area (Å²) in [5.74, 6) is -0.749. The minimum Gasteiger partial charge on any atom is -0.480 e. The molecule has 0 spiro atoms. The van der Waals surface area contributed by atoms with Crippen LogP contribution in [0.1, 0.15) is 24.0 Å². The van der Waals surface area contributed by atoms with Crippen LogP contribution >= 0.6 is 0 Å². The largest absolute Gasteiger partial charge is 0.480 e. The first kappa shape index (κ1) is 13.9. The molecule has 0 aromatic heterocycles. The van der Waals surface area contributed by atoms with Gasteiger partial charge in [0.15, 0.2) is 0 Å². The molecule has 0 radical (unpaired) electrons. The first-order valence-electron chi connectivity index (χ1n) is 6.70. The van der Waals surface area contributed by atoms with Crippen molar-refractivity contribution in [3.63, 3.8) is 0 Å². The minimum atomic E-state index is -0.828. The van der Waals surface area contributed by atoms with Crippen molar-refractivity contribution >= 4 is 11.7 Å². The average Bonchev–Trinajstić information content (AvgIpc) is 2.36. The Morgan fingerprint density at radius 1 is 1.32 bits per heavy atom. The van der Waals surface area contributed by atoms with Gasteiger partial charge in [-0.25, -0.2) is 4.79 Å². The molecule has 104 valence electrons. The highest BCUT2D eigenvalue weighted by Crippen LogP contribution is 2.29. The van der Waals surface area contributed by atoms with Crippen molar-refractivity contribution < 1.29 is 9.90 Å². The molecule has 19 heavy (non-hydrogen) atoms. The van der Waals surface area contributed by atoms with Gasteiger partial charge in [-0.3, -0.25) is 0 Å². The molecule has 1 aromatic carbocycles. The Bertz CT molecular complexity index is 477. The maximum absolute atomic E-state index is 11.7. The summed E-state index contributed by atoms with van der Waals surface area (Å²) in [6.45, 7) is 5.65. The summed E-state index contributed by atoms with van der Waals surface area (Å²) >= 11 is 0. The lowest BCUT2D eigenvalue weighted by atomic mass is 9.87. The average molecular weight is 262 g/mol. The van der Waals surface area contributed by atoms with E-state index in [0.29, 0.717) is 12.8 Å². The number of anilines is 1. The van der Waals surface area contributed by atoms with Crippen LogP contribution in [0, 0.1) is 13.8 Å². The fraction of sp³-hybridized carbons (Fsp3) is 0.533. The number of carboxylic acids is 1. The molecule has 1 fully saturated rings. The monoisotopic (exact) mass is 262 g/mol. The maximum Gasteiger partial charge on any atom is 0.329 e. The molecule has 1 aromatic rings. The highest BCUT2D eigenvalue weighted by atomic mass is 16.4. The Hall–Kier alpha value is -1.55. The third-order valence-electron chi connectivity index (χ3n) is 4.02. The van der Waals surface area contributed by atoms with E-state index in [1.54, 1.807) is 0 Å². The molecule has 0 atom stereocenters. The molecule has 0 bridgehead atoms. The van der Waals surface area contributed by atoms with E-state index >= 15 is 0 Å². The second-order valence-electron chi connectivity index (χ2n) is 5.63. The molecule has 0 unspecified atom stereocenters. The zero-order valence-electron chi connectivity index (χ0n) is 11.9. The fourth-order valence-electron chi connectivity index (χ4n) is 2.52. The van der Waals surface area contributed by atoms with Crippen LogP contribution in [0.15, 0.2) is 18.2 Å². The van der Waals surface area contributed by atoms with Gasteiger partial charge in [-0.05, 0) is 50.9 Å². The predicted molar refractivity (Wildman–Crippen MR) is 76.6 cm³/mol. The van der Waals surface area contributed by atoms with Crippen molar-refractivity contribution in [2.24, 2.45) is 0 Å². The Balaban J connectivity index is 2.26. The van der Waals surface area contributed by atoms with E-state index in [-0.39, 0.29) is 0 Å². The van der Waals surface area contributed by atoms with E-state index < -0.39 is 11.5 Å². The topological polar surface area (TPSA) is 52.6 Å². The van der Waals surface area contributed by atoms with Crippen molar-refractivity contribution in [3.05, 3.63) is 29.3 Å². The maximum atomic E-state index is 11.7. The summed E-state index contributed by atoms with van der Waals surface area (Å²) in [5, 5.41) is 12.9. The van der Waals surface area contributed by atoms with E-state index in [1.807, 2.05) is 39.1 Å². The zero-order valence-corrected chi connectivity index (χ0v) is 11.9. The Kier molecular flexibility index (Phi) is 3.80. The molecular weight excluding hydrogens is 240 g/mol. The molecule has 0 saturated carbocycles. The zero-order chi connectivity index (χ0) is 14.0. The first-order valence-corrected chi connectivity index (χ1v) is 6.70. The van der Waals surface area contributed by atoms with Crippen molar-refractivity contribution in [2.45, 2.75) is 32.2 Å². The van der Waals surface area contributed by atoms with Gasteiger partial charge in [0.1, 0.15) is 5.54 Å². The van der Waals surface area contributed by atoms with E-state index in [1.165, 1.54) is 0 Å². The second kappa shape index (κ2) is 5.21. The van der Waals surface area contributed by atoms with Gasteiger partial charge in [-0.2, -0.15) is 0 Å². The second-order valence-corrected chi connectivity index (χ2v) is 5.63. The van der Waals surface area contributed by atoms with Crippen molar-refractivity contribution in [1.29, 1.82) is 0 Å². The number of hydrogen-bond acceptors (Lipinski definition) is 3. The number of nitrogens with zero attached hydrogens (tertiary/aromatic N) is 1. The molecule has 1 aliphatic rings. The van der Waals surface area contributed by atoms with Crippen LogP contribution in [-0.2, 0) is 4.79 Å². The molecule has 4 nitrogen and oxygen atoms in total. The number of rotatable bonds is 3. The summed E-state index contributed by atoms with van der Waals surface area (Å²) in [6.07, 6.45) is 1.26. The molecular formula is C15H22N2O2. The number of carboxylic acid groups (broad SMARTS) is 1. The van der Waals surface area contributed by atoms with Crippen LogP contribution in [-0.4, -0.2) is 41.7 Å². The molecule has 1 saturated heterocycles. The van der Waals surface area contributed by atoms with Crippen LogP contribution < -0.4 is 5.32 Å². The Morgan fingerprint density at radius 2 is 1.95 bits per heavy atom. The highest BCUT2D eigenvalue weighted by molar-refractivity contribution is 5.83. The SMILES string of the molecule is Cc1ccc(C)c(NC2(C(=O)O)CCN(C)CC2)c1.